The zero-order chi connectivity index (χ0) is 20.4. The summed E-state index contributed by atoms with van der Waals surface area (Å²) in [5.74, 6) is 1.46. The number of nitrogens with zero attached hydrogens (tertiary/aromatic N) is 5. The van der Waals surface area contributed by atoms with Gasteiger partial charge in [0.25, 0.3) is 15.9 Å². The van der Waals surface area contributed by atoms with E-state index < -0.39 is 10.0 Å². The molecule has 0 N–H and O–H groups in total. The Hall–Kier alpha value is -2.76. The molecule has 2 aromatic heterocycles. The number of methoxy groups -OCH3 is 1. The van der Waals surface area contributed by atoms with Crippen LogP contribution in [0.25, 0.3) is 11.5 Å². The summed E-state index contributed by atoms with van der Waals surface area (Å²) in [7, 11) is -0.269. The van der Waals surface area contributed by atoms with E-state index in [9.17, 15) is 8.42 Å². The van der Waals surface area contributed by atoms with Crippen molar-refractivity contribution in [2.45, 2.75) is 17.6 Å². The van der Waals surface area contributed by atoms with Gasteiger partial charge in [0.2, 0.25) is 0 Å². The number of imidazole rings is 1. The average molecular weight is 419 g/mol. The fourth-order valence-electron chi connectivity index (χ4n) is 2.91. The molecule has 0 aliphatic carbocycles. The first-order valence-electron chi connectivity index (χ1n) is 9.03. The van der Waals surface area contributed by atoms with Gasteiger partial charge in [0.15, 0.2) is 10.9 Å². The van der Waals surface area contributed by atoms with Gasteiger partial charge in [-0.25, -0.2) is 13.4 Å². The van der Waals surface area contributed by atoms with Gasteiger partial charge in [0.05, 0.1) is 31.6 Å². The Balaban J connectivity index is 1.43. The van der Waals surface area contributed by atoms with Crippen LogP contribution in [-0.2, 0) is 28.2 Å². The third-order valence-electron chi connectivity index (χ3n) is 4.51. The van der Waals surface area contributed by atoms with Crippen LogP contribution in [0.5, 0.6) is 5.75 Å². The number of aromatic nitrogens is 4. The third-order valence-corrected chi connectivity index (χ3v) is 6.23. The van der Waals surface area contributed by atoms with Crippen molar-refractivity contribution in [3.63, 3.8) is 0 Å². The predicted octanol–water partition coefficient (Wildman–Crippen LogP) is 1.11. The normalized spacial score (nSPS) is 15.4. The van der Waals surface area contributed by atoms with E-state index in [1.165, 1.54) is 16.8 Å². The Morgan fingerprint density at radius 3 is 2.79 bits per heavy atom. The fourth-order valence-corrected chi connectivity index (χ4v) is 4.38. The van der Waals surface area contributed by atoms with E-state index in [1.807, 2.05) is 18.2 Å². The summed E-state index contributed by atoms with van der Waals surface area (Å²) in [5.41, 5.74) is 0.662. The van der Waals surface area contributed by atoms with Gasteiger partial charge in [-0.2, -0.15) is 9.29 Å². The van der Waals surface area contributed by atoms with E-state index in [2.05, 4.69) is 15.1 Å². The maximum atomic E-state index is 12.6. The first-order chi connectivity index (χ1) is 14.0. The lowest BCUT2D eigenvalue weighted by Gasteiger charge is -2.37. The van der Waals surface area contributed by atoms with Gasteiger partial charge in [0, 0.05) is 26.8 Å². The monoisotopic (exact) mass is 419 g/mol. The summed E-state index contributed by atoms with van der Waals surface area (Å²) in [5, 5.41) is 3.98. The molecule has 1 fully saturated rings. The van der Waals surface area contributed by atoms with Gasteiger partial charge in [-0.1, -0.05) is 17.3 Å². The van der Waals surface area contributed by atoms with Gasteiger partial charge in [0.1, 0.15) is 11.9 Å². The molecule has 1 aliphatic heterocycles. The highest BCUT2D eigenvalue weighted by atomic mass is 32.2. The minimum absolute atomic E-state index is 0.0355. The molecule has 10 nitrogen and oxygen atoms in total. The maximum Gasteiger partial charge on any atom is 0.262 e. The molecule has 0 unspecified atom stereocenters. The van der Waals surface area contributed by atoms with Crippen molar-refractivity contribution in [2.24, 2.45) is 7.05 Å². The molecule has 154 valence electrons. The van der Waals surface area contributed by atoms with Gasteiger partial charge in [-0.15, -0.1) is 0 Å². The van der Waals surface area contributed by atoms with Crippen LogP contribution in [0.15, 0.2) is 46.3 Å². The first kappa shape index (κ1) is 19.6. The molecule has 3 heterocycles. The second-order valence-electron chi connectivity index (χ2n) is 6.69. The Bertz CT molecular complexity index is 1090. The highest BCUT2D eigenvalue weighted by Crippen LogP contribution is 2.31. The van der Waals surface area contributed by atoms with Crippen molar-refractivity contribution in [3.8, 4) is 17.2 Å². The van der Waals surface area contributed by atoms with E-state index in [0.29, 0.717) is 36.1 Å². The second-order valence-corrected chi connectivity index (χ2v) is 8.58. The topological polar surface area (TPSA) is 113 Å². The number of aryl methyl sites for hydroxylation is 1. The van der Waals surface area contributed by atoms with Crippen LogP contribution in [0.2, 0.25) is 0 Å². The Morgan fingerprint density at radius 2 is 2.07 bits per heavy atom. The standard InChI is InChI=1S/C18H21N5O5S/c1-22-11-17(19-12-22)29(24,25)23-9-13(10-23)27-15-6-4-3-5-14(15)18-20-16(21-28-18)7-8-26-2/h3-6,11-13H,7-10H2,1-2H3. The highest BCUT2D eigenvalue weighted by Gasteiger charge is 2.39. The summed E-state index contributed by atoms with van der Waals surface area (Å²) in [6, 6.07) is 7.30. The molecule has 0 amide bonds. The number of benzene rings is 1. The van der Waals surface area contributed by atoms with Gasteiger partial charge < -0.3 is 18.6 Å². The fraction of sp³-hybridized carbons (Fsp3) is 0.389. The Kier molecular flexibility index (Phi) is 5.35. The average Bonchev–Trinajstić information content (AvgIpc) is 3.32. The van der Waals surface area contributed by atoms with Gasteiger partial charge >= 0.3 is 0 Å². The van der Waals surface area contributed by atoms with E-state index in [0.717, 1.165) is 0 Å². The van der Waals surface area contributed by atoms with Crippen molar-refractivity contribution in [2.75, 3.05) is 26.8 Å². The van der Waals surface area contributed by atoms with Crippen LogP contribution < -0.4 is 4.74 Å². The van der Waals surface area contributed by atoms with Crippen molar-refractivity contribution in [1.82, 2.24) is 24.0 Å². The molecule has 11 heteroatoms. The van der Waals surface area contributed by atoms with E-state index in [1.54, 1.807) is 24.8 Å². The van der Waals surface area contributed by atoms with E-state index >= 15 is 0 Å². The van der Waals surface area contributed by atoms with Crippen LogP contribution in [-0.4, -0.2) is 65.3 Å². The molecule has 3 aromatic rings. The molecule has 0 atom stereocenters. The largest absolute Gasteiger partial charge is 0.487 e. The highest BCUT2D eigenvalue weighted by molar-refractivity contribution is 7.89. The van der Waals surface area contributed by atoms with Crippen LogP contribution in [0, 0.1) is 0 Å². The third kappa shape index (κ3) is 4.02. The number of sulfonamides is 1. The molecule has 1 aromatic carbocycles. The van der Waals surface area contributed by atoms with Crippen LogP contribution >= 0.6 is 0 Å². The Labute approximate surface area is 168 Å². The zero-order valence-corrected chi connectivity index (χ0v) is 16.9. The molecule has 1 saturated heterocycles. The lowest BCUT2D eigenvalue weighted by molar-refractivity contribution is 0.0764. The molecule has 29 heavy (non-hydrogen) atoms. The van der Waals surface area contributed by atoms with Crippen molar-refractivity contribution in [1.29, 1.82) is 0 Å². The number of rotatable bonds is 8. The summed E-state index contributed by atoms with van der Waals surface area (Å²) >= 11 is 0. The van der Waals surface area contributed by atoms with Gasteiger partial charge in [-0.3, -0.25) is 0 Å². The van der Waals surface area contributed by atoms with Crippen LogP contribution in [0.3, 0.4) is 0 Å². The smallest absolute Gasteiger partial charge is 0.262 e. The summed E-state index contributed by atoms with van der Waals surface area (Å²) < 4.78 is 44.4. The van der Waals surface area contributed by atoms with E-state index in [-0.39, 0.29) is 24.2 Å². The van der Waals surface area contributed by atoms with Gasteiger partial charge in [-0.05, 0) is 12.1 Å². The summed E-state index contributed by atoms with van der Waals surface area (Å²) in [6.45, 7) is 0.992. The molecule has 0 saturated carbocycles. The molecule has 0 bridgehead atoms. The number of hydrogen-bond donors (Lipinski definition) is 0. The first-order valence-corrected chi connectivity index (χ1v) is 10.5. The minimum Gasteiger partial charge on any atom is -0.487 e. The molecule has 0 spiro atoms. The maximum absolute atomic E-state index is 12.6. The lowest BCUT2D eigenvalue weighted by Crippen LogP contribution is -2.56. The number of hydrogen-bond acceptors (Lipinski definition) is 8. The second kappa shape index (κ2) is 7.93. The summed E-state index contributed by atoms with van der Waals surface area (Å²) in [4.78, 5) is 8.30. The van der Waals surface area contributed by atoms with Crippen molar-refractivity contribution in [3.05, 3.63) is 42.6 Å². The van der Waals surface area contributed by atoms with Crippen LogP contribution in [0.1, 0.15) is 5.82 Å². The molecular weight excluding hydrogens is 398 g/mol. The quantitative estimate of drug-likeness (QED) is 0.534. The zero-order valence-electron chi connectivity index (χ0n) is 16.1. The van der Waals surface area contributed by atoms with E-state index in [4.69, 9.17) is 14.0 Å². The SMILES string of the molecule is COCCc1noc(-c2ccccc2OC2CN(S(=O)(=O)c3cn(C)cn3)C2)n1. The number of ether oxygens (including phenoxy) is 2. The minimum atomic E-state index is -3.61. The lowest BCUT2D eigenvalue weighted by atomic mass is 10.2. The molecule has 0 radical (unpaired) electrons. The van der Waals surface area contributed by atoms with Crippen molar-refractivity contribution < 1.29 is 22.4 Å². The molecular formula is C18H21N5O5S. The summed E-state index contributed by atoms with van der Waals surface area (Å²) in [6.07, 6.45) is 3.22. The predicted molar refractivity (Wildman–Crippen MR) is 102 cm³/mol. The molecule has 1 aliphatic rings. The Morgan fingerprint density at radius 1 is 1.28 bits per heavy atom. The molecule has 4 rings (SSSR count). The van der Waals surface area contributed by atoms with Crippen molar-refractivity contribution >= 4 is 10.0 Å². The van der Waals surface area contributed by atoms with Crippen LogP contribution in [0.4, 0.5) is 0 Å². The number of para-hydroxylation sites is 1.